The van der Waals surface area contributed by atoms with E-state index in [9.17, 15) is 4.79 Å². The third-order valence-corrected chi connectivity index (χ3v) is 4.09. The molecule has 0 spiro atoms. The second-order valence-electron chi connectivity index (χ2n) is 4.70. The lowest BCUT2D eigenvalue weighted by Gasteiger charge is -2.12. The van der Waals surface area contributed by atoms with Crippen LogP contribution in [-0.4, -0.2) is 40.4 Å². The summed E-state index contributed by atoms with van der Waals surface area (Å²) < 4.78 is 6.94. The number of nitrogens with one attached hydrogen (secondary N) is 1. The van der Waals surface area contributed by atoms with Crippen molar-refractivity contribution in [2.45, 2.75) is 22.6 Å². The first-order chi connectivity index (χ1) is 10.6. The second kappa shape index (κ2) is 9.51. The predicted molar refractivity (Wildman–Crippen MR) is 91.9 cm³/mol. The average Bonchev–Trinajstić information content (AvgIpc) is 2.92. The predicted octanol–water partition coefficient (Wildman–Crippen LogP) is 1.69. The molecule has 0 aliphatic carbocycles. The van der Waals surface area contributed by atoms with Gasteiger partial charge in [0.15, 0.2) is 5.16 Å². The van der Waals surface area contributed by atoms with Crippen molar-refractivity contribution in [1.82, 2.24) is 14.8 Å². The molecule has 126 valence electrons. The van der Waals surface area contributed by atoms with E-state index in [-0.39, 0.29) is 30.8 Å². The van der Waals surface area contributed by atoms with Crippen LogP contribution in [-0.2, 0) is 16.6 Å². The lowest BCUT2D eigenvalue weighted by atomic mass is 10.2. The standard InChI is InChI=1S/C14H19N5O2S.ClH/c1-19-9-16-18-14(19)22-12-5-3-10(4-6-12)17-13(20)7-11(8-15)21-2;/h3-6,9,11H,7-8,15H2,1-2H3,(H,17,20);1H. The van der Waals surface area contributed by atoms with E-state index < -0.39 is 0 Å². The van der Waals surface area contributed by atoms with Crippen molar-refractivity contribution in [3.8, 4) is 0 Å². The maximum absolute atomic E-state index is 11.9. The summed E-state index contributed by atoms with van der Waals surface area (Å²) in [6.45, 7) is 0.317. The van der Waals surface area contributed by atoms with Gasteiger partial charge >= 0.3 is 0 Å². The van der Waals surface area contributed by atoms with Gasteiger partial charge in [-0.05, 0) is 36.0 Å². The Hall–Kier alpha value is -1.61. The molecular weight excluding hydrogens is 338 g/mol. The van der Waals surface area contributed by atoms with Gasteiger partial charge < -0.3 is 20.4 Å². The number of methoxy groups -OCH3 is 1. The fourth-order valence-electron chi connectivity index (χ4n) is 1.76. The van der Waals surface area contributed by atoms with Crippen LogP contribution in [0, 0.1) is 0 Å². The number of benzene rings is 1. The van der Waals surface area contributed by atoms with Gasteiger partial charge in [-0.25, -0.2) is 0 Å². The molecule has 2 aromatic rings. The largest absolute Gasteiger partial charge is 0.380 e. The number of carbonyl (C=O) groups is 1. The number of anilines is 1. The maximum atomic E-state index is 11.9. The molecule has 1 aromatic heterocycles. The van der Waals surface area contributed by atoms with E-state index in [4.69, 9.17) is 10.5 Å². The van der Waals surface area contributed by atoms with E-state index in [0.717, 1.165) is 15.7 Å². The van der Waals surface area contributed by atoms with Crippen LogP contribution in [0.1, 0.15) is 6.42 Å². The third kappa shape index (κ3) is 5.83. The normalized spacial score (nSPS) is 11.6. The Bertz CT molecular complexity index is 616. The first-order valence-corrected chi connectivity index (χ1v) is 7.58. The second-order valence-corrected chi connectivity index (χ2v) is 5.74. The molecule has 0 aliphatic rings. The average molecular weight is 358 g/mol. The van der Waals surface area contributed by atoms with Crippen LogP contribution in [0.2, 0.25) is 0 Å². The van der Waals surface area contributed by atoms with E-state index in [1.165, 1.54) is 11.8 Å². The van der Waals surface area contributed by atoms with Crippen molar-refractivity contribution in [1.29, 1.82) is 0 Å². The molecule has 1 amide bonds. The van der Waals surface area contributed by atoms with Crippen LogP contribution in [0.25, 0.3) is 0 Å². The number of rotatable bonds is 7. The molecule has 1 atom stereocenters. The molecular formula is C14H20ClN5O2S. The quantitative estimate of drug-likeness (QED) is 0.783. The summed E-state index contributed by atoms with van der Waals surface area (Å²) in [5, 5.41) is 11.5. The Kier molecular flexibility index (Phi) is 8.04. The number of halogens is 1. The Morgan fingerprint density at radius 1 is 1.43 bits per heavy atom. The Morgan fingerprint density at radius 2 is 2.13 bits per heavy atom. The number of hydrogen-bond acceptors (Lipinski definition) is 6. The highest BCUT2D eigenvalue weighted by Gasteiger charge is 2.11. The molecule has 3 N–H and O–H groups in total. The number of aromatic nitrogens is 3. The zero-order valence-electron chi connectivity index (χ0n) is 12.9. The maximum Gasteiger partial charge on any atom is 0.227 e. The van der Waals surface area contributed by atoms with Crippen molar-refractivity contribution in [2.24, 2.45) is 12.8 Å². The van der Waals surface area contributed by atoms with Crippen LogP contribution in [0.4, 0.5) is 5.69 Å². The SMILES string of the molecule is COC(CN)CC(=O)Nc1ccc(Sc2nncn2C)cc1.Cl. The zero-order valence-corrected chi connectivity index (χ0v) is 14.6. The number of aryl methyl sites for hydroxylation is 1. The fraction of sp³-hybridized carbons (Fsp3) is 0.357. The molecule has 0 saturated carbocycles. The number of nitrogens with two attached hydrogens (primary N) is 1. The van der Waals surface area contributed by atoms with Gasteiger partial charge in [-0.1, -0.05) is 0 Å². The Morgan fingerprint density at radius 3 is 2.65 bits per heavy atom. The van der Waals surface area contributed by atoms with Crippen molar-refractivity contribution < 1.29 is 9.53 Å². The lowest BCUT2D eigenvalue weighted by molar-refractivity contribution is -0.118. The highest BCUT2D eigenvalue weighted by Crippen LogP contribution is 2.26. The van der Waals surface area contributed by atoms with Crippen molar-refractivity contribution >= 4 is 35.8 Å². The van der Waals surface area contributed by atoms with Gasteiger partial charge in [-0.15, -0.1) is 22.6 Å². The molecule has 1 heterocycles. The zero-order chi connectivity index (χ0) is 15.9. The van der Waals surface area contributed by atoms with Crippen molar-refractivity contribution in [3.05, 3.63) is 30.6 Å². The van der Waals surface area contributed by atoms with Crippen molar-refractivity contribution in [3.63, 3.8) is 0 Å². The summed E-state index contributed by atoms with van der Waals surface area (Å²) in [6, 6.07) is 7.54. The number of nitrogens with zero attached hydrogens (tertiary/aromatic N) is 3. The summed E-state index contributed by atoms with van der Waals surface area (Å²) >= 11 is 1.51. The first kappa shape index (κ1) is 19.4. The minimum Gasteiger partial charge on any atom is -0.380 e. The molecule has 23 heavy (non-hydrogen) atoms. The van der Waals surface area contributed by atoms with Crippen LogP contribution in [0.15, 0.2) is 40.6 Å². The van der Waals surface area contributed by atoms with Crippen LogP contribution in [0.3, 0.4) is 0 Å². The molecule has 0 bridgehead atoms. The topological polar surface area (TPSA) is 95.1 Å². The minimum atomic E-state index is -0.259. The molecule has 0 aliphatic heterocycles. The molecule has 7 nitrogen and oxygen atoms in total. The van der Waals surface area contributed by atoms with Gasteiger partial charge in [0.05, 0.1) is 12.5 Å². The number of hydrogen-bond donors (Lipinski definition) is 2. The lowest BCUT2D eigenvalue weighted by Crippen LogP contribution is -2.28. The van der Waals surface area contributed by atoms with E-state index in [1.807, 2.05) is 35.9 Å². The van der Waals surface area contributed by atoms with Gasteiger partial charge in [-0.3, -0.25) is 4.79 Å². The molecule has 2 rings (SSSR count). The summed E-state index contributed by atoms with van der Waals surface area (Å²) in [4.78, 5) is 12.9. The van der Waals surface area contributed by atoms with Gasteiger partial charge in [-0.2, -0.15) is 0 Å². The van der Waals surface area contributed by atoms with E-state index in [0.29, 0.717) is 6.54 Å². The summed E-state index contributed by atoms with van der Waals surface area (Å²) in [6.07, 6.45) is 1.63. The molecule has 0 radical (unpaired) electrons. The summed E-state index contributed by atoms with van der Waals surface area (Å²) in [5.74, 6) is -0.119. The first-order valence-electron chi connectivity index (χ1n) is 6.77. The van der Waals surface area contributed by atoms with Gasteiger partial charge in [0.2, 0.25) is 5.91 Å². The van der Waals surface area contributed by atoms with E-state index >= 15 is 0 Å². The van der Waals surface area contributed by atoms with E-state index in [1.54, 1.807) is 13.4 Å². The molecule has 9 heteroatoms. The minimum absolute atomic E-state index is 0. The molecule has 1 aromatic carbocycles. The van der Waals surface area contributed by atoms with Crippen LogP contribution in [0.5, 0.6) is 0 Å². The fourth-order valence-corrected chi connectivity index (χ4v) is 2.52. The van der Waals surface area contributed by atoms with Crippen LogP contribution < -0.4 is 11.1 Å². The summed E-state index contributed by atoms with van der Waals surface area (Å²) in [7, 11) is 3.43. The Balaban J connectivity index is 0.00000264. The smallest absolute Gasteiger partial charge is 0.227 e. The van der Waals surface area contributed by atoms with Gasteiger partial charge in [0, 0.05) is 31.3 Å². The number of amides is 1. The highest BCUT2D eigenvalue weighted by molar-refractivity contribution is 7.99. The van der Waals surface area contributed by atoms with Crippen LogP contribution >= 0.6 is 24.2 Å². The van der Waals surface area contributed by atoms with Crippen molar-refractivity contribution in [2.75, 3.05) is 19.0 Å². The monoisotopic (exact) mass is 357 g/mol. The third-order valence-electron chi connectivity index (χ3n) is 3.03. The number of carbonyl (C=O) groups excluding carboxylic acids is 1. The number of ether oxygens (including phenoxy) is 1. The van der Waals surface area contributed by atoms with Gasteiger partial charge in [0.25, 0.3) is 0 Å². The Labute approximate surface area is 145 Å². The highest BCUT2D eigenvalue weighted by atomic mass is 35.5. The molecule has 1 unspecified atom stereocenters. The molecule has 0 saturated heterocycles. The molecule has 0 fully saturated rings. The van der Waals surface area contributed by atoms with Gasteiger partial charge in [0.1, 0.15) is 6.33 Å². The van der Waals surface area contributed by atoms with E-state index in [2.05, 4.69) is 15.5 Å². The summed E-state index contributed by atoms with van der Waals surface area (Å²) in [5.41, 5.74) is 6.24.